The predicted molar refractivity (Wildman–Crippen MR) is 129 cm³/mol. The summed E-state index contributed by atoms with van der Waals surface area (Å²) >= 11 is 0. The van der Waals surface area contributed by atoms with Crippen LogP contribution in [0.5, 0.6) is 0 Å². The molecular formula is C27H52O3. The van der Waals surface area contributed by atoms with Gasteiger partial charge in [-0.25, -0.2) is 0 Å². The standard InChI is InChI=1S/C27H52O3/c1-4-7-10-13-15-17-20-23-25(22-19-16-12-9-6-3)27(29)30-26(28)24-21-18-14-11-8-5-2/h25H,4-24H2,1-3H3. The summed E-state index contributed by atoms with van der Waals surface area (Å²) in [6.45, 7) is 6.66. The van der Waals surface area contributed by atoms with Gasteiger partial charge in [0.25, 0.3) is 0 Å². The molecule has 0 heterocycles. The van der Waals surface area contributed by atoms with Crippen LogP contribution in [-0.2, 0) is 14.3 Å². The first-order valence-corrected chi connectivity index (χ1v) is 13.4. The lowest BCUT2D eigenvalue weighted by Gasteiger charge is -2.15. The van der Waals surface area contributed by atoms with Crippen molar-refractivity contribution in [2.24, 2.45) is 5.92 Å². The fourth-order valence-corrected chi connectivity index (χ4v) is 4.02. The van der Waals surface area contributed by atoms with Crippen molar-refractivity contribution >= 4 is 11.9 Å². The topological polar surface area (TPSA) is 43.4 Å². The maximum atomic E-state index is 12.6. The Hall–Kier alpha value is -0.860. The summed E-state index contributed by atoms with van der Waals surface area (Å²) in [5.41, 5.74) is 0. The third-order valence-electron chi connectivity index (χ3n) is 6.09. The molecule has 0 aromatic rings. The highest BCUT2D eigenvalue weighted by molar-refractivity contribution is 5.86. The zero-order chi connectivity index (χ0) is 22.3. The van der Waals surface area contributed by atoms with E-state index in [-0.39, 0.29) is 17.9 Å². The first-order chi connectivity index (χ1) is 14.7. The lowest BCUT2D eigenvalue weighted by molar-refractivity contribution is -0.163. The van der Waals surface area contributed by atoms with E-state index in [0.717, 1.165) is 38.5 Å². The molecule has 0 bridgehead atoms. The second-order valence-corrected chi connectivity index (χ2v) is 9.12. The van der Waals surface area contributed by atoms with Gasteiger partial charge in [0.1, 0.15) is 0 Å². The highest BCUT2D eigenvalue weighted by atomic mass is 16.6. The summed E-state index contributed by atoms with van der Waals surface area (Å²) in [6.07, 6.45) is 23.7. The van der Waals surface area contributed by atoms with Gasteiger partial charge < -0.3 is 4.74 Å². The van der Waals surface area contributed by atoms with Gasteiger partial charge in [0, 0.05) is 6.42 Å². The fraction of sp³-hybridized carbons (Fsp3) is 0.926. The summed E-state index contributed by atoms with van der Waals surface area (Å²) in [5, 5.41) is 0. The van der Waals surface area contributed by atoms with E-state index in [1.807, 2.05) is 0 Å². The number of ether oxygens (including phenoxy) is 1. The second-order valence-electron chi connectivity index (χ2n) is 9.12. The maximum Gasteiger partial charge on any atom is 0.316 e. The Morgan fingerprint density at radius 3 is 1.33 bits per heavy atom. The van der Waals surface area contributed by atoms with Crippen LogP contribution in [0.3, 0.4) is 0 Å². The van der Waals surface area contributed by atoms with Crippen molar-refractivity contribution in [1.82, 2.24) is 0 Å². The van der Waals surface area contributed by atoms with Crippen molar-refractivity contribution in [3.63, 3.8) is 0 Å². The van der Waals surface area contributed by atoms with Crippen LogP contribution in [0.2, 0.25) is 0 Å². The van der Waals surface area contributed by atoms with Gasteiger partial charge in [0.2, 0.25) is 0 Å². The molecule has 0 amide bonds. The molecule has 0 radical (unpaired) electrons. The predicted octanol–water partition coefficient (Wildman–Crippen LogP) is 8.92. The first-order valence-electron chi connectivity index (χ1n) is 13.4. The Labute approximate surface area is 188 Å². The minimum Gasteiger partial charge on any atom is -0.393 e. The van der Waals surface area contributed by atoms with E-state index in [0.29, 0.717) is 6.42 Å². The molecule has 0 aliphatic rings. The Morgan fingerprint density at radius 1 is 0.533 bits per heavy atom. The van der Waals surface area contributed by atoms with Crippen LogP contribution < -0.4 is 0 Å². The van der Waals surface area contributed by atoms with Gasteiger partial charge in [-0.2, -0.15) is 0 Å². The van der Waals surface area contributed by atoms with Gasteiger partial charge in [0.15, 0.2) is 0 Å². The number of rotatable bonds is 22. The Morgan fingerprint density at radius 2 is 0.900 bits per heavy atom. The van der Waals surface area contributed by atoms with Gasteiger partial charge in [-0.15, -0.1) is 0 Å². The molecule has 3 nitrogen and oxygen atoms in total. The van der Waals surface area contributed by atoms with E-state index >= 15 is 0 Å². The van der Waals surface area contributed by atoms with Gasteiger partial charge in [-0.3, -0.25) is 9.59 Å². The molecule has 0 rings (SSSR count). The minimum absolute atomic E-state index is 0.0872. The highest BCUT2D eigenvalue weighted by Crippen LogP contribution is 2.21. The number of unbranched alkanes of at least 4 members (excludes halogenated alkanes) is 15. The summed E-state index contributed by atoms with van der Waals surface area (Å²) in [6, 6.07) is 0. The van der Waals surface area contributed by atoms with Crippen molar-refractivity contribution in [2.75, 3.05) is 0 Å². The Bertz CT molecular complexity index is 392. The molecule has 0 aromatic heterocycles. The molecule has 0 N–H and O–H groups in total. The van der Waals surface area contributed by atoms with Gasteiger partial charge in [-0.05, 0) is 19.3 Å². The SMILES string of the molecule is CCCCCCCCCC(CCCCCCC)C(=O)OC(=O)CCCCCCCC. The Balaban J connectivity index is 4.18. The lowest BCUT2D eigenvalue weighted by atomic mass is 9.94. The van der Waals surface area contributed by atoms with E-state index < -0.39 is 0 Å². The van der Waals surface area contributed by atoms with E-state index in [4.69, 9.17) is 4.74 Å². The van der Waals surface area contributed by atoms with Crippen LogP contribution in [0.1, 0.15) is 156 Å². The summed E-state index contributed by atoms with van der Waals surface area (Å²) in [4.78, 5) is 24.7. The van der Waals surface area contributed by atoms with E-state index in [1.54, 1.807) is 0 Å². The van der Waals surface area contributed by atoms with E-state index in [9.17, 15) is 9.59 Å². The molecule has 1 atom stereocenters. The average Bonchev–Trinajstić information content (AvgIpc) is 2.73. The van der Waals surface area contributed by atoms with Gasteiger partial charge in [0.05, 0.1) is 5.92 Å². The molecule has 30 heavy (non-hydrogen) atoms. The first kappa shape index (κ1) is 29.1. The van der Waals surface area contributed by atoms with Crippen LogP contribution >= 0.6 is 0 Å². The Kier molecular flexibility index (Phi) is 22.2. The molecule has 0 aliphatic carbocycles. The average molecular weight is 425 g/mol. The van der Waals surface area contributed by atoms with E-state index in [1.165, 1.54) is 89.9 Å². The molecule has 178 valence electrons. The summed E-state index contributed by atoms with van der Waals surface area (Å²) < 4.78 is 5.25. The van der Waals surface area contributed by atoms with Crippen LogP contribution in [0.4, 0.5) is 0 Å². The van der Waals surface area contributed by atoms with Crippen molar-refractivity contribution in [3.8, 4) is 0 Å². The molecule has 0 saturated carbocycles. The number of hydrogen-bond acceptors (Lipinski definition) is 3. The third-order valence-corrected chi connectivity index (χ3v) is 6.09. The molecule has 0 fully saturated rings. The van der Waals surface area contributed by atoms with Crippen LogP contribution in [-0.4, -0.2) is 11.9 Å². The molecule has 0 saturated heterocycles. The number of carbonyl (C=O) groups is 2. The highest BCUT2D eigenvalue weighted by Gasteiger charge is 2.22. The maximum absolute atomic E-state index is 12.6. The van der Waals surface area contributed by atoms with Crippen molar-refractivity contribution < 1.29 is 14.3 Å². The molecule has 1 unspecified atom stereocenters. The monoisotopic (exact) mass is 424 g/mol. The van der Waals surface area contributed by atoms with Crippen LogP contribution in [0.25, 0.3) is 0 Å². The summed E-state index contributed by atoms with van der Waals surface area (Å²) in [5.74, 6) is -0.658. The second kappa shape index (κ2) is 22.8. The van der Waals surface area contributed by atoms with Crippen LogP contribution in [0, 0.1) is 5.92 Å². The zero-order valence-corrected chi connectivity index (χ0v) is 20.7. The third kappa shape index (κ3) is 19.1. The van der Waals surface area contributed by atoms with Gasteiger partial charge in [-0.1, -0.05) is 130 Å². The van der Waals surface area contributed by atoms with Crippen molar-refractivity contribution in [2.45, 2.75) is 156 Å². The number of esters is 2. The number of hydrogen-bond donors (Lipinski definition) is 0. The minimum atomic E-state index is -0.314. The summed E-state index contributed by atoms with van der Waals surface area (Å²) in [7, 11) is 0. The molecule has 0 aromatic carbocycles. The fourth-order valence-electron chi connectivity index (χ4n) is 4.02. The molecule has 0 spiro atoms. The van der Waals surface area contributed by atoms with Gasteiger partial charge >= 0.3 is 11.9 Å². The van der Waals surface area contributed by atoms with Crippen molar-refractivity contribution in [1.29, 1.82) is 0 Å². The molecule has 0 aliphatic heterocycles. The van der Waals surface area contributed by atoms with E-state index in [2.05, 4.69) is 20.8 Å². The van der Waals surface area contributed by atoms with Crippen LogP contribution in [0.15, 0.2) is 0 Å². The lowest BCUT2D eigenvalue weighted by Crippen LogP contribution is -2.21. The van der Waals surface area contributed by atoms with Crippen molar-refractivity contribution in [3.05, 3.63) is 0 Å². The molecule has 3 heteroatoms. The largest absolute Gasteiger partial charge is 0.393 e. The zero-order valence-electron chi connectivity index (χ0n) is 20.7. The smallest absolute Gasteiger partial charge is 0.316 e. The normalized spacial score (nSPS) is 12.1. The quantitative estimate of drug-likeness (QED) is 0.0989. The molecular weight excluding hydrogens is 372 g/mol. The number of carbonyl (C=O) groups excluding carboxylic acids is 2.